The molecule has 2 aliphatic rings. The summed E-state index contributed by atoms with van der Waals surface area (Å²) in [6, 6.07) is 26.0. The first-order valence-corrected chi connectivity index (χ1v) is 44.2. The molecule has 5 heterocycles. The molecule has 4 atom stereocenters. The number of aromatic nitrogens is 4. The van der Waals surface area contributed by atoms with E-state index in [0.717, 1.165) is 22.6 Å². The molecule has 672 valence electrons. The van der Waals surface area contributed by atoms with Crippen molar-refractivity contribution in [1.29, 1.82) is 0 Å². The smallest absolute Gasteiger partial charge is 0.345 e. The summed E-state index contributed by atoms with van der Waals surface area (Å²) in [5.74, 6) is -6.15. The average molecular weight is 1800 g/mol. The molecule has 10 rings (SSSR count). The lowest BCUT2D eigenvalue weighted by atomic mass is 9.96. The Balaban J connectivity index is 0.828. The van der Waals surface area contributed by atoms with Crippen molar-refractivity contribution in [2.45, 2.75) is 123 Å². The minimum Gasteiger partial charge on any atom is -0.496 e. The van der Waals surface area contributed by atoms with Crippen LogP contribution in [-0.2, 0) is 87.6 Å². The maximum atomic E-state index is 14.6. The molecule has 5 aromatic carbocycles. The molecule has 2 aliphatic heterocycles. The number of amides is 9. The van der Waals surface area contributed by atoms with Gasteiger partial charge in [0.25, 0.3) is 11.8 Å². The van der Waals surface area contributed by atoms with E-state index in [2.05, 4.69) is 53.5 Å². The first-order chi connectivity index (χ1) is 60.3. The van der Waals surface area contributed by atoms with E-state index >= 15 is 0 Å². The number of nitrogens with two attached hydrogens (primary N) is 1. The highest BCUT2D eigenvalue weighted by molar-refractivity contribution is 7.53. The van der Waals surface area contributed by atoms with E-state index in [1.165, 1.54) is 41.7 Å². The molecule has 0 aliphatic carbocycles. The fraction of sp³-hybridized carbons (Fsp3) is 0.409. The molecular weight excluding hydrogens is 1690 g/mol. The number of imide groups is 1. The average Bonchev–Trinajstić information content (AvgIpc) is 1.59. The van der Waals surface area contributed by atoms with Crippen molar-refractivity contribution in [1.82, 2.24) is 55.9 Å². The van der Waals surface area contributed by atoms with Crippen molar-refractivity contribution in [3.63, 3.8) is 0 Å². The monoisotopic (exact) mass is 1800 g/mol. The van der Waals surface area contributed by atoms with Gasteiger partial charge in [0.15, 0.2) is 5.82 Å². The lowest BCUT2D eigenvalue weighted by Crippen LogP contribution is -2.57. The van der Waals surface area contributed by atoms with Gasteiger partial charge in [0.1, 0.15) is 72.1 Å². The molecule has 34 nitrogen and oxygen atoms in total. The van der Waals surface area contributed by atoms with Gasteiger partial charge >= 0.3 is 25.6 Å². The number of rotatable bonds is 48. The number of quaternary nitrogens is 1. The Labute approximate surface area is 737 Å². The van der Waals surface area contributed by atoms with E-state index in [1.807, 2.05) is 43.3 Å². The van der Waals surface area contributed by atoms with Crippen LogP contribution in [0.15, 0.2) is 134 Å². The van der Waals surface area contributed by atoms with Gasteiger partial charge in [0, 0.05) is 99.1 Å². The number of ether oxygens (including phenoxy) is 5. The number of hydrogen-bond acceptors (Lipinski definition) is 24. The summed E-state index contributed by atoms with van der Waals surface area (Å²) in [5.41, 5.74) is 11.1. The van der Waals surface area contributed by atoms with Gasteiger partial charge in [-0.05, 0) is 128 Å². The standard InChI is InChI=1S/C88H105ClFN14O20PS/c1-9-122-125(117,123-10-2)46-16-22-71(105)98-66(86(112)113)49-75(109)101(6)50-59-47-61(97-82(110)65(19-15-35-93-88(91)116)99-83(111)79(54(3)4)100-72(106)34-43-119-44-40-103-73(107)31-32-74(103)108)28-25-58(59)51-104(7)41-37-102(38-42-104)39-45-120-69-30-29-63(55(5)78(69)89)76-77-84(94-53-95-85(77)126-80(76)56-23-26-60(90)27-24-56)124-70(87(114)115)48-57-17-11-13-20-67(57)121-52-62-33-36-92-81(96-62)64-18-12-14-21-68(64)118-8/h11-14,17-18,20-21,23-33,36,47,53-54,65-66,70,79H,9-10,15-16,19,22,34-35,37-46,48-52H2,1-8H3,(H8-,91,93,97,98,99,100,105,106,110,111,112,113,114,115,116)/p+1/t65?,66?,70-,79?/m1/s1. The van der Waals surface area contributed by atoms with Crippen LogP contribution in [0.4, 0.5) is 14.9 Å². The van der Waals surface area contributed by atoms with E-state index in [9.17, 15) is 67.1 Å². The quantitative estimate of drug-likeness (QED) is 0.00760. The largest absolute Gasteiger partial charge is 0.496 e. The van der Waals surface area contributed by atoms with E-state index in [4.69, 9.17) is 55.1 Å². The number of nitrogens with zero attached hydrogens (tertiary/aromatic N) is 8. The summed E-state index contributed by atoms with van der Waals surface area (Å²) < 4.78 is 69.2. The zero-order valence-electron chi connectivity index (χ0n) is 71.4. The topological polar surface area (TPSA) is 440 Å². The van der Waals surface area contributed by atoms with Gasteiger partial charge in [-0.1, -0.05) is 80.0 Å². The molecule has 0 bridgehead atoms. The van der Waals surface area contributed by atoms with Gasteiger partial charge in [-0.3, -0.25) is 47.9 Å². The number of methoxy groups -OCH3 is 1. The fourth-order valence-corrected chi connectivity index (χ4v) is 17.4. The molecule has 3 aromatic heterocycles. The number of aliphatic carboxylic acids is 2. The van der Waals surface area contributed by atoms with Gasteiger partial charge in [-0.15, -0.1) is 11.3 Å². The number of urea groups is 1. The van der Waals surface area contributed by atoms with Gasteiger partial charge in [0.05, 0.1) is 94.5 Å². The number of benzene rings is 5. The number of thiophene rings is 1. The van der Waals surface area contributed by atoms with Gasteiger partial charge in [-0.25, -0.2) is 38.7 Å². The Kier molecular flexibility index (Phi) is 35.0. The molecule has 0 radical (unpaired) electrons. The highest BCUT2D eigenvalue weighted by Gasteiger charge is 2.36. The summed E-state index contributed by atoms with van der Waals surface area (Å²) in [5, 5.41) is 35.2. The second-order valence-corrected chi connectivity index (χ2v) is 34.3. The number of piperazine rings is 1. The third-order valence-electron chi connectivity index (χ3n) is 21.2. The molecule has 9 amide bonds. The maximum Gasteiger partial charge on any atom is 0.345 e. The first-order valence-electron chi connectivity index (χ1n) is 41.2. The van der Waals surface area contributed by atoms with Gasteiger partial charge in [0.2, 0.25) is 41.5 Å². The molecule has 9 N–H and O–H groups in total. The lowest BCUT2D eigenvalue weighted by molar-refractivity contribution is -0.926. The SMILES string of the molecule is CCOP(=O)(CCCC(=O)NC(CC(=O)N(C)Cc1cc(NC(=O)C(CCCNC(N)=O)NC(=O)C(NC(=O)CCOCCN2C(=O)C=CC2=O)C(C)C)ccc1C[N+]1(C)CCN(CCOc2ccc(-c3c(-c4ccc(F)cc4)sc4ncnc(O[C@H](Cc5ccccc5OCc5ccnc(-c6ccccc6OC)n5)C(=O)O)c34)c(C)c2Cl)CC1)C(=O)O)OCC. The summed E-state index contributed by atoms with van der Waals surface area (Å²) in [4.78, 5) is 155. The Morgan fingerprint density at radius 1 is 0.754 bits per heavy atom. The number of carbonyl (C=O) groups excluding carboxylic acids is 8. The number of likely N-dealkylation sites (N-methyl/N-ethyl adjacent to an activating group) is 1. The number of carboxylic acid groups (broad SMARTS) is 2. The Morgan fingerprint density at radius 3 is 2.15 bits per heavy atom. The van der Waals surface area contributed by atoms with Gasteiger partial charge in [-0.2, -0.15) is 0 Å². The van der Waals surface area contributed by atoms with Crippen LogP contribution in [-0.4, -0.2) is 239 Å². The Morgan fingerprint density at radius 2 is 1.46 bits per heavy atom. The number of para-hydroxylation sites is 2. The second kappa shape index (κ2) is 45.8. The molecule has 38 heteroatoms. The fourth-order valence-electron chi connectivity index (χ4n) is 14.4. The number of primary amides is 1. The van der Waals surface area contributed by atoms with E-state index in [0.29, 0.717) is 132 Å². The molecule has 0 spiro atoms. The van der Waals surface area contributed by atoms with E-state index in [1.54, 1.807) is 102 Å². The molecule has 8 aromatic rings. The van der Waals surface area contributed by atoms with Crippen molar-refractivity contribution in [3.8, 4) is 56.1 Å². The predicted octanol–water partition coefficient (Wildman–Crippen LogP) is 9.90. The third-order valence-corrected chi connectivity index (χ3v) is 24.9. The number of fused-ring (bicyclic) bond motifs is 1. The molecule has 0 saturated carbocycles. The zero-order chi connectivity index (χ0) is 90.8. The summed E-state index contributed by atoms with van der Waals surface area (Å²) in [7, 11) is 1.62. The highest BCUT2D eigenvalue weighted by Crippen LogP contribution is 2.51. The van der Waals surface area contributed by atoms with Crippen molar-refractivity contribution in [3.05, 3.63) is 173 Å². The maximum absolute atomic E-state index is 14.6. The number of nitrogens with one attached hydrogen (secondary N) is 5. The predicted molar refractivity (Wildman–Crippen MR) is 468 cm³/mol. The first kappa shape index (κ1) is 96.3. The molecular formula is C88H106ClFN14O20PS+. The summed E-state index contributed by atoms with van der Waals surface area (Å²) in [6.07, 6.45) is 2.58. The van der Waals surface area contributed by atoms with Crippen LogP contribution in [0.3, 0.4) is 0 Å². The van der Waals surface area contributed by atoms with Crippen LogP contribution in [0, 0.1) is 18.7 Å². The van der Waals surface area contributed by atoms with Crippen LogP contribution >= 0.6 is 30.5 Å². The van der Waals surface area contributed by atoms with Crippen molar-refractivity contribution in [2.75, 3.05) is 112 Å². The van der Waals surface area contributed by atoms with E-state index < -0.39 is 109 Å². The van der Waals surface area contributed by atoms with Crippen molar-refractivity contribution in [2.24, 2.45) is 11.7 Å². The number of carboxylic acids is 2. The van der Waals surface area contributed by atoms with Crippen LogP contribution in [0.25, 0.3) is 43.2 Å². The number of hydrogen-bond donors (Lipinski definition) is 8. The summed E-state index contributed by atoms with van der Waals surface area (Å²) in [6.45, 7) is 12.1. The summed E-state index contributed by atoms with van der Waals surface area (Å²) >= 11 is 8.61. The third kappa shape index (κ3) is 26.8. The van der Waals surface area contributed by atoms with Gasteiger partial charge < -0.3 is 84.6 Å². The Bertz CT molecular complexity index is 5280. The lowest BCUT2D eigenvalue weighted by Gasteiger charge is -2.42. The minimum absolute atomic E-state index is 0.0173. The molecule has 1 fully saturated rings. The second-order valence-electron chi connectivity index (χ2n) is 30.7. The van der Waals surface area contributed by atoms with Crippen LogP contribution in [0.5, 0.6) is 23.1 Å². The highest BCUT2D eigenvalue weighted by atomic mass is 35.5. The van der Waals surface area contributed by atoms with Crippen molar-refractivity contribution < 1.29 is 104 Å². The zero-order valence-corrected chi connectivity index (χ0v) is 73.8. The molecule has 1 saturated heterocycles. The molecule has 126 heavy (non-hydrogen) atoms. The van der Waals surface area contributed by atoms with Crippen LogP contribution in [0.1, 0.15) is 94.2 Å². The molecule has 3 unspecified atom stereocenters. The number of carbonyl (C=O) groups is 10. The van der Waals surface area contributed by atoms with E-state index in [-0.39, 0.29) is 116 Å². The number of halogens is 2. The Hall–Kier alpha value is -11.9. The van der Waals surface area contributed by atoms with Crippen molar-refractivity contribution >= 4 is 106 Å². The number of anilines is 1. The minimum atomic E-state index is -3.51. The normalized spacial score (nSPS) is 14.2. The van der Waals surface area contributed by atoms with Crippen LogP contribution in [0.2, 0.25) is 5.02 Å². The van der Waals surface area contributed by atoms with Crippen LogP contribution < -0.4 is 51.3 Å².